The molecular weight excluding hydrogens is 327 g/mol. The molecule has 0 unspecified atom stereocenters. The summed E-state index contributed by atoms with van der Waals surface area (Å²) in [4.78, 5) is 23.0. The molecular formula is C18H19FN2O4. The van der Waals surface area contributed by atoms with Gasteiger partial charge in [-0.1, -0.05) is 6.07 Å². The normalized spacial score (nSPS) is 10.0. The Kier molecular flexibility index (Phi) is 6.33. The highest BCUT2D eigenvalue weighted by Crippen LogP contribution is 2.22. The third-order valence-corrected chi connectivity index (χ3v) is 3.24. The van der Waals surface area contributed by atoms with Crippen LogP contribution in [0.25, 0.3) is 0 Å². The predicted octanol–water partition coefficient (Wildman–Crippen LogP) is 2.49. The second kappa shape index (κ2) is 8.68. The zero-order chi connectivity index (χ0) is 18.2. The Hall–Kier alpha value is -3.09. The molecule has 2 aromatic carbocycles. The summed E-state index contributed by atoms with van der Waals surface area (Å²) in [6.45, 7) is 1.37. The summed E-state index contributed by atoms with van der Waals surface area (Å²) in [6, 6.07) is 10.7. The third kappa shape index (κ3) is 5.80. The fraction of sp³-hybridized carbons (Fsp3) is 0.222. The van der Waals surface area contributed by atoms with Crippen LogP contribution in [0.5, 0.6) is 11.5 Å². The second-order valence-electron chi connectivity index (χ2n) is 5.23. The van der Waals surface area contributed by atoms with E-state index in [2.05, 4.69) is 10.6 Å². The van der Waals surface area contributed by atoms with Crippen LogP contribution in [0.2, 0.25) is 0 Å². The van der Waals surface area contributed by atoms with Crippen LogP contribution in [0.3, 0.4) is 0 Å². The highest BCUT2D eigenvalue weighted by molar-refractivity contribution is 5.88. The van der Waals surface area contributed by atoms with Gasteiger partial charge in [-0.2, -0.15) is 0 Å². The van der Waals surface area contributed by atoms with Crippen molar-refractivity contribution < 1.29 is 23.5 Å². The lowest BCUT2D eigenvalue weighted by Crippen LogP contribution is -2.28. The highest BCUT2D eigenvalue weighted by Gasteiger charge is 2.08. The van der Waals surface area contributed by atoms with Gasteiger partial charge in [0, 0.05) is 30.8 Å². The van der Waals surface area contributed by atoms with E-state index in [1.165, 1.54) is 32.2 Å². The van der Waals surface area contributed by atoms with Crippen molar-refractivity contribution in [3.63, 3.8) is 0 Å². The van der Waals surface area contributed by atoms with Crippen molar-refractivity contribution in [2.45, 2.75) is 13.5 Å². The number of amides is 2. The lowest BCUT2D eigenvalue weighted by molar-refractivity contribution is -0.123. The van der Waals surface area contributed by atoms with Gasteiger partial charge < -0.3 is 20.1 Å². The van der Waals surface area contributed by atoms with E-state index in [9.17, 15) is 14.0 Å². The molecule has 6 nitrogen and oxygen atoms in total. The minimum Gasteiger partial charge on any atom is -0.496 e. The van der Waals surface area contributed by atoms with Crippen LogP contribution in [-0.2, 0) is 16.1 Å². The number of rotatable bonds is 7. The Morgan fingerprint density at radius 1 is 1.16 bits per heavy atom. The van der Waals surface area contributed by atoms with Crippen molar-refractivity contribution in [2.24, 2.45) is 0 Å². The van der Waals surface area contributed by atoms with Gasteiger partial charge in [-0.3, -0.25) is 9.59 Å². The topological polar surface area (TPSA) is 76.7 Å². The number of ether oxygens (including phenoxy) is 2. The molecule has 0 fully saturated rings. The van der Waals surface area contributed by atoms with E-state index in [-0.39, 0.29) is 30.7 Å². The van der Waals surface area contributed by atoms with Crippen LogP contribution in [0, 0.1) is 5.82 Å². The van der Waals surface area contributed by atoms with E-state index in [0.29, 0.717) is 17.0 Å². The first-order valence-corrected chi connectivity index (χ1v) is 7.57. The molecule has 0 heterocycles. The first-order valence-electron chi connectivity index (χ1n) is 7.57. The number of halogens is 1. The maximum Gasteiger partial charge on any atom is 0.258 e. The molecule has 2 rings (SSSR count). The SMILES string of the molecule is COc1ccc(NC(C)=O)cc1CNC(=O)COc1cccc(F)c1. The van der Waals surface area contributed by atoms with E-state index < -0.39 is 5.82 Å². The highest BCUT2D eigenvalue weighted by atomic mass is 19.1. The van der Waals surface area contributed by atoms with Gasteiger partial charge in [-0.25, -0.2) is 4.39 Å². The van der Waals surface area contributed by atoms with Crippen molar-refractivity contribution in [2.75, 3.05) is 19.0 Å². The smallest absolute Gasteiger partial charge is 0.258 e. The fourth-order valence-corrected chi connectivity index (χ4v) is 2.15. The molecule has 0 bridgehead atoms. The molecule has 0 aliphatic heterocycles. The Labute approximate surface area is 144 Å². The van der Waals surface area contributed by atoms with Crippen molar-refractivity contribution >= 4 is 17.5 Å². The Morgan fingerprint density at radius 2 is 1.96 bits per heavy atom. The van der Waals surface area contributed by atoms with Gasteiger partial charge in [0.05, 0.1) is 7.11 Å². The molecule has 2 amide bonds. The standard InChI is InChI=1S/C18H19FN2O4/c1-12(22)21-15-6-7-17(24-2)13(8-15)10-20-18(23)11-25-16-5-3-4-14(19)9-16/h3-9H,10-11H2,1-2H3,(H,20,23)(H,21,22). The van der Waals surface area contributed by atoms with Crippen LogP contribution in [-0.4, -0.2) is 25.5 Å². The summed E-state index contributed by atoms with van der Waals surface area (Å²) in [5.74, 6) is -0.127. The van der Waals surface area contributed by atoms with Crippen molar-refractivity contribution in [1.29, 1.82) is 0 Å². The third-order valence-electron chi connectivity index (χ3n) is 3.24. The summed E-state index contributed by atoms with van der Waals surface area (Å²) in [7, 11) is 1.52. The molecule has 0 aliphatic carbocycles. The first kappa shape index (κ1) is 18.3. The molecule has 0 atom stereocenters. The number of benzene rings is 2. The summed E-state index contributed by atoms with van der Waals surface area (Å²) in [5, 5.41) is 5.36. The second-order valence-corrected chi connectivity index (χ2v) is 5.23. The van der Waals surface area contributed by atoms with Gasteiger partial charge in [0.2, 0.25) is 5.91 Å². The van der Waals surface area contributed by atoms with Crippen molar-refractivity contribution in [1.82, 2.24) is 5.32 Å². The van der Waals surface area contributed by atoms with E-state index in [1.807, 2.05) is 0 Å². The largest absolute Gasteiger partial charge is 0.496 e. The quantitative estimate of drug-likeness (QED) is 0.808. The van der Waals surface area contributed by atoms with Crippen LogP contribution >= 0.6 is 0 Å². The average Bonchev–Trinajstić information content (AvgIpc) is 2.58. The Balaban J connectivity index is 1.92. The fourth-order valence-electron chi connectivity index (χ4n) is 2.15. The molecule has 2 aromatic rings. The predicted molar refractivity (Wildman–Crippen MR) is 91.0 cm³/mol. The van der Waals surface area contributed by atoms with E-state index in [4.69, 9.17) is 9.47 Å². The Bertz CT molecular complexity index is 764. The number of carbonyl (C=O) groups is 2. The van der Waals surface area contributed by atoms with Crippen LogP contribution in [0.4, 0.5) is 10.1 Å². The van der Waals surface area contributed by atoms with Gasteiger partial charge in [-0.05, 0) is 30.3 Å². The van der Waals surface area contributed by atoms with Crippen molar-refractivity contribution in [3.8, 4) is 11.5 Å². The van der Waals surface area contributed by atoms with Crippen LogP contribution in [0.1, 0.15) is 12.5 Å². The van der Waals surface area contributed by atoms with Crippen LogP contribution in [0.15, 0.2) is 42.5 Å². The monoisotopic (exact) mass is 346 g/mol. The zero-order valence-electron chi connectivity index (χ0n) is 14.0. The maximum absolute atomic E-state index is 13.0. The summed E-state index contributed by atoms with van der Waals surface area (Å²) >= 11 is 0. The molecule has 0 radical (unpaired) electrons. The van der Waals surface area contributed by atoms with Gasteiger partial charge in [0.25, 0.3) is 5.91 Å². The van der Waals surface area contributed by atoms with Gasteiger partial charge >= 0.3 is 0 Å². The number of anilines is 1. The molecule has 0 saturated carbocycles. The summed E-state index contributed by atoms with van der Waals surface area (Å²) in [6.07, 6.45) is 0. The van der Waals surface area contributed by atoms with Crippen LogP contribution < -0.4 is 20.1 Å². The molecule has 7 heteroatoms. The number of carbonyl (C=O) groups excluding carboxylic acids is 2. The van der Waals surface area contributed by atoms with Crippen molar-refractivity contribution in [3.05, 3.63) is 53.8 Å². The molecule has 0 aromatic heterocycles. The van der Waals surface area contributed by atoms with Gasteiger partial charge in [0.1, 0.15) is 17.3 Å². The number of methoxy groups -OCH3 is 1. The Morgan fingerprint density at radius 3 is 2.64 bits per heavy atom. The van der Waals surface area contributed by atoms with E-state index in [0.717, 1.165) is 0 Å². The first-order chi connectivity index (χ1) is 12.0. The molecule has 0 saturated heterocycles. The van der Waals surface area contributed by atoms with E-state index >= 15 is 0 Å². The lowest BCUT2D eigenvalue weighted by atomic mass is 10.1. The summed E-state index contributed by atoms with van der Waals surface area (Å²) in [5.41, 5.74) is 1.31. The molecule has 0 spiro atoms. The van der Waals surface area contributed by atoms with E-state index in [1.54, 1.807) is 24.3 Å². The van der Waals surface area contributed by atoms with Gasteiger partial charge in [0.15, 0.2) is 6.61 Å². The zero-order valence-corrected chi connectivity index (χ0v) is 14.0. The minimum atomic E-state index is -0.433. The molecule has 132 valence electrons. The number of hydrogen-bond donors (Lipinski definition) is 2. The molecule has 0 aliphatic rings. The summed E-state index contributed by atoms with van der Waals surface area (Å²) < 4.78 is 23.5. The number of hydrogen-bond acceptors (Lipinski definition) is 4. The number of nitrogens with one attached hydrogen (secondary N) is 2. The molecule has 2 N–H and O–H groups in total. The molecule has 25 heavy (non-hydrogen) atoms. The average molecular weight is 346 g/mol. The lowest BCUT2D eigenvalue weighted by Gasteiger charge is -2.12. The minimum absolute atomic E-state index is 0.191. The van der Waals surface area contributed by atoms with Gasteiger partial charge in [-0.15, -0.1) is 0 Å². The maximum atomic E-state index is 13.0.